The van der Waals surface area contributed by atoms with Crippen molar-refractivity contribution >= 4 is 23.2 Å². The molecule has 1 aliphatic heterocycles. The summed E-state index contributed by atoms with van der Waals surface area (Å²) in [5, 5.41) is 6.14. The number of unbranched alkanes of at least 4 members (excludes halogenated alkanes) is 2. The molecule has 0 radical (unpaired) electrons. The Balaban J connectivity index is 1.64. The highest BCUT2D eigenvalue weighted by atomic mass is 16.1. The SMILES string of the molecule is CCCCCNC(=O)c1cc(C)nc(Nc2ccc(N3CCCC3)cc2)n1. The highest BCUT2D eigenvalue weighted by Crippen LogP contribution is 2.23. The second-order valence-electron chi connectivity index (χ2n) is 7.05. The first kappa shape index (κ1) is 19.1. The largest absolute Gasteiger partial charge is 0.372 e. The molecule has 6 heteroatoms. The van der Waals surface area contributed by atoms with E-state index in [0.717, 1.165) is 43.7 Å². The van der Waals surface area contributed by atoms with Crippen molar-refractivity contribution in [2.75, 3.05) is 29.9 Å². The van der Waals surface area contributed by atoms with E-state index in [1.54, 1.807) is 6.07 Å². The molecule has 2 N–H and O–H groups in total. The number of carbonyl (C=O) groups is 1. The summed E-state index contributed by atoms with van der Waals surface area (Å²) in [5.74, 6) is 0.298. The summed E-state index contributed by atoms with van der Waals surface area (Å²) in [6, 6.07) is 10.0. The van der Waals surface area contributed by atoms with Crippen LogP contribution in [0.15, 0.2) is 30.3 Å². The van der Waals surface area contributed by atoms with E-state index in [-0.39, 0.29) is 5.91 Å². The van der Waals surface area contributed by atoms with Gasteiger partial charge in [-0.15, -0.1) is 0 Å². The van der Waals surface area contributed by atoms with E-state index in [0.29, 0.717) is 18.2 Å². The molecule has 0 saturated carbocycles. The van der Waals surface area contributed by atoms with Gasteiger partial charge in [0, 0.05) is 36.7 Å². The van der Waals surface area contributed by atoms with Crippen molar-refractivity contribution in [3.8, 4) is 0 Å². The standard InChI is InChI=1S/C21H29N5O/c1-3-4-5-12-22-20(27)19-15-16(2)23-21(25-19)24-17-8-10-18(11-9-17)26-13-6-7-14-26/h8-11,15H,3-7,12-14H2,1-2H3,(H,22,27)(H,23,24,25). The first-order chi connectivity index (χ1) is 13.2. The van der Waals surface area contributed by atoms with Crippen molar-refractivity contribution in [2.24, 2.45) is 0 Å². The number of hydrogen-bond acceptors (Lipinski definition) is 5. The van der Waals surface area contributed by atoms with Crippen molar-refractivity contribution in [1.82, 2.24) is 15.3 Å². The van der Waals surface area contributed by atoms with Gasteiger partial charge in [0.05, 0.1) is 0 Å². The third-order valence-electron chi connectivity index (χ3n) is 4.75. The van der Waals surface area contributed by atoms with Gasteiger partial charge >= 0.3 is 0 Å². The first-order valence-electron chi connectivity index (χ1n) is 9.91. The number of nitrogens with one attached hydrogen (secondary N) is 2. The number of aromatic nitrogens is 2. The lowest BCUT2D eigenvalue weighted by atomic mass is 10.2. The molecule has 1 amide bonds. The second kappa shape index (κ2) is 9.35. The maximum atomic E-state index is 12.3. The summed E-state index contributed by atoms with van der Waals surface area (Å²) in [6.45, 7) is 6.95. The van der Waals surface area contributed by atoms with Gasteiger partial charge in [0.25, 0.3) is 5.91 Å². The fraction of sp³-hybridized carbons (Fsp3) is 0.476. The van der Waals surface area contributed by atoms with E-state index in [2.05, 4.69) is 44.6 Å². The summed E-state index contributed by atoms with van der Waals surface area (Å²) < 4.78 is 0. The van der Waals surface area contributed by atoms with Crippen LogP contribution in [-0.2, 0) is 0 Å². The Morgan fingerprint density at radius 3 is 2.56 bits per heavy atom. The zero-order valence-corrected chi connectivity index (χ0v) is 16.3. The van der Waals surface area contributed by atoms with Crippen molar-refractivity contribution in [3.63, 3.8) is 0 Å². The van der Waals surface area contributed by atoms with Crippen LogP contribution in [0.5, 0.6) is 0 Å². The number of benzene rings is 1. The molecule has 0 spiro atoms. The predicted octanol–water partition coefficient (Wildman–Crippen LogP) is 4.05. The lowest BCUT2D eigenvalue weighted by Crippen LogP contribution is -2.25. The minimum atomic E-state index is -0.149. The van der Waals surface area contributed by atoms with Crippen LogP contribution in [0.2, 0.25) is 0 Å². The molecule has 6 nitrogen and oxygen atoms in total. The number of rotatable bonds is 8. The molecule has 0 unspecified atom stereocenters. The topological polar surface area (TPSA) is 70.2 Å². The van der Waals surface area contributed by atoms with E-state index < -0.39 is 0 Å². The Morgan fingerprint density at radius 2 is 1.85 bits per heavy atom. The molecule has 1 fully saturated rings. The van der Waals surface area contributed by atoms with Gasteiger partial charge in [-0.2, -0.15) is 0 Å². The molecule has 1 aliphatic rings. The summed E-state index contributed by atoms with van der Waals surface area (Å²) in [7, 11) is 0. The molecule has 3 rings (SSSR count). The average Bonchev–Trinajstić information content (AvgIpc) is 3.20. The molecular weight excluding hydrogens is 338 g/mol. The van der Waals surface area contributed by atoms with Gasteiger partial charge in [0.2, 0.25) is 5.95 Å². The van der Waals surface area contributed by atoms with Gasteiger partial charge in [-0.05, 0) is 56.5 Å². The van der Waals surface area contributed by atoms with Crippen LogP contribution < -0.4 is 15.5 Å². The molecule has 1 aromatic heterocycles. The van der Waals surface area contributed by atoms with Crippen molar-refractivity contribution in [3.05, 3.63) is 41.7 Å². The van der Waals surface area contributed by atoms with E-state index in [1.807, 2.05) is 19.1 Å². The van der Waals surface area contributed by atoms with Crippen LogP contribution in [0.25, 0.3) is 0 Å². The molecule has 2 aromatic rings. The second-order valence-corrected chi connectivity index (χ2v) is 7.05. The van der Waals surface area contributed by atoms with Gasteiger partial charge in [-0.25, -0.2) is 9.97 Å². The molecule has 144 valence electrons. The van der Waals surface area contributed by atoms with Crippen LogP contribution in [0.4, 0.5) is 17.3 Å². The van der Waals surface area contributed by atoms with Gasteiger partial charge in [-0.1, -0.05) is 19.8 Å². The quantitative estimate of drug-likeness (QED) is 0.689. The van der Waals surface area contributed by atoms with Crippen LogP contribution >= 0.6 is 0 Å². The normalized spacial score (nSPS) is 13.6. The first-order valence-corrected chi connectivity index (χ1v) is 9.91. The summed E-state index contributed by atoms with van der Waals surface area (Å²) in [5.41, 5.74) is 3.32. The minimum Gasteiger partial charge on any atom is -0.372 e. The Morgan fingerprint density at radius 1 is 1.11 bits per heavy atom. The molecule has 0 atom stereocenters. The molecule has 27 heavy (non-hydrogen) atoms. The third kappa shape index (κ3) is 5.42. The molecule has 2 heterocycles. The van der Waals surface area contributed by atoms with Crippen LogP contribution in [-0.4, -0.2) is 35.5 Å². The van der Waals surface area contributed by atoms with Crippen molar-refractivity contribution in [2.45, 2.75) is 46.0 Å². The average molecular weight is 367 g/mol. The lowest BCUT2D eigenvalue weighted by molar-refractivity contribution is 0.0948. The zero-order valence-electron chi connectivity index (χ0n) is 16.3. The Hall–Kier alpha value is -2.63. The molecule has 0 aliphatic carbocycles. The zero-order chi connectivity index (χ0) is 19.1. The van der Waals surface area contributed by atoms with Crippen LogP contribution in [0.1, 0.15) is 55.2 Å². The number of carbonyl (C=O) groups excluding carboxylic acids is 1. The maximum absolute atomic E-state index is 12.3. The lowest BCUT2D eigenvalue weighted by Gasteiger charge is -2.17. The smallest absolute Gasteiger partial charge is 0.270 e. The third-order valence-corrected chi connectivity index (χ3v) is 4.75. The van der Waals surface area contributed by atoms with E-state index in [1.165, 1.54) is 18.5 Å². The number of amides is 1. The number of anilines is 3. The highest BCUT2D eigenvalue weighted by molar-refractivity contribution is 5.92. The van der Waals surface area contributed by atoms with Crippen LogP contribution in [0, 0.1) is 6.92 Å². The monoisotopic (exact) mass is 367 g/mol. The molecule has 0 bridgehead atoms. The minimum absolute atomic E-state index is 0.149. The molecule has 1 saturated heterocycles. The predicted molar refractivity (Wildman–Crippen MR) is 110 cm³/mol. The fourth-order valence-corrected chi connectivity index (χ4v) is 3.27. The highest BCUT2D eigenvalue weighted by Gasteiger charge is 2.13. The molecular formula is C21H29N5O. The van der Waals surface area contributed by atoms with E-state index >= 15 is 0 Å². The van der Waals surface area contributed by atoms with Gasteiger partial charge < -0.3 is 15.5 Å². The van der Waals surface area contributed by atoms with Gasteiger partial charge in [0.1, 0.15) is 5.69 Å². The maximum Gasteiger partial charge on any atom is 0.270 e. The fourth-order valence-electron chi connectivity index (χ4n) is 3.27. The number of aryl methyl sites for hydroxylation is 1. The Bertz CT molecular complexity index is 754. The summed E-state index contributed by atoms with van der Waals surface area (Å²) >= 11 is 0. The molecule has 1 aromatic carbocycles. The van der Waals surface area contributed by atoms with Crippen molar-refractivity contribution in [1.29, 1.82) is 0 Å². The van der Waals surface area contributed by atoms with E-state index in [4.69, 9.17) is 0 Å². The Labute approximate surface area is 161 Å². The Kier molecular flexibility index (Phi) is 6.63. The number of hydrogen-bond donors (Lipinski definition) is 2. The van der Waals surface area contributed by atoms with E-state index in [9.17, 15) is 4.79 Å². The summed E-state index contributed by atoms with van der Waals surface area (Å²) in [6.07, 6.45) is 5.76. The summed E-state index contributed by atoms with van der Waals surface area (Å²) in [4.78, 5) is 23.5. The number of nitrogens with zero attached hydrogens (tertiary/aromatic N) is 3. The van der Waals surface area contributed by atoms with Gasteiger partial charge in [-0.3, -0.25) is 4.79 Å². The van der Waals surface area contributed by atoms with Gasteiger partial charge in [0.15, 0.2) is 0 Å². The van der Waals surface area contributed by atoms with Crippen molar-refractivity contribution < 1.29 is 4.79 Å². The van der Waals surface area contributed by atoms with Crippen LogP contribution in [0.3, 0.4) is 0 Å².